The zero-order chi connectivity index (χ0) is 20.5. The first-order valence-corrected chi connectivity index (χ1v) is 9.62. The van der Waals surface area contributed by atoms with E-state index in [-0.39, 0.29) is 5.97 Å². The molecule has 148 valence electrons. The van der Waals surface area contributed by atoms with E-state index in [0.717, 1.165) is 30.4 Å². The smallest absolute Gasteiger partial charge is 0.333 e. The minimum atomic E-state index is -0.323. The lowest BCUT2D eigenvalue weighted by Crippen LogP contribution is -2.06. The molecule has 2 aromatic carbocycles. The molecule has 4 nitrogen and oxygen atoms in total. The number of benzene rings is 2. The van der Waals surface area contributed by atoms with Crippen molar-refractivity contribution < 1.29 is 19.1 Å². The quantitative estimate of drug-likeness (QED) is 0.179. The first-order chi connectivity index (χ1) is 13.5. The molecule has 0 fully saturated rings. The van der Waals surface area contributed by atoms with Crippen LogP contribution < -0.4 is 0 Å². The van der Waals surface area contributed by atoms with Crippen molar-refractivity contribution in [2.24, 2.45) is 0 Å². The van der Waals surface area contributed by atoms with Crippen molar-refractivity contribution in [3.05, 3.63) is 64.9 Å². The molecular weight excluding hydrogens is 352 g/mol. The number of aryl methyl sites for hydroxylation is 2. The van der Waals surface area contributed by atoms with Gasteiger partial charge in [-0.2, -0.15) is 0 Å². The van der Waals surface area contributed by atoms with Crippen LogP contribution in [0.2, 0.25) is 0 Å². The Balaban J connectivity index is 2.04. The van der Waals surface area contributed by atoms with Gasteiger partial charge in [0.1, 0.15) is 5.76 Å². The molecule has 2 aromatic rings. The van der Waals surface area contributed by atoms with Crippen molar-refractivity contribution in [1.29, 1.82) is 0 Å². The number of fused-ring (bicyclic) bond motifs is 1. The maximum absolute atomic E-state index is 11.4. The molecule has 0 atom stereocenters. The van der Waals surface area contributed by atoms with E-state index in [1.54, 1.807) is 6.92 Å². The van der Waals surface area contributed by atoms with Crippen molar-refractivity contribution in [2.45, 2.75) is 46.5 Å². The molecule has 2 rings (SSSR count). The van der Waals surface area contributed by atoms with E-state index in [1.807, 2.05) is 13.0 Å². The van der Waals surface area contributed by atoms with Crippen molar-refractivity contribution in [3.8, 4) is 0 Å². The summed E-state index contributed by atoms with van der Waals surface area (Å²) in [5, 5.41) is 2.38. The van der Waals surface area contributed by atoms with Gasteiger partial charge in [-0.25, -0.2) is 4.79 Å². The van der Waals surface area contributed by atoms with Crippen molar-refractivity contribution in [3.63, 3.8) is 0 Å². The predicted octanol–water partition coefficient (Wildman–Crippen LogP) is 5.51. The fraction of sp³-hybridized carbons (Fsp3) is 0.333. The van der Waals surface area contributed by atoms with Crippen LogP contribution in [0, 0.1) is 6.92 Å². The Kier molecular flexibility index (Phi) is 8.00. The minimum absolute atomic E-state index is 0.323. The minimum Gasteiger partial charge on any atom is -0.462 e. The summed E-state index contributed by atoms with van der Waals surface area (Å²) < 4.78 is 10.1. The highest BCUT2D eigenvalue weighted by Crippen LogP contribution is 2.26. The third-order valence-electron chi connectivity index (χ3n) is 4.70. The first-order valence-electron chi connectivity index (χ1n) is 9.62. The highest BCUT2D eigenvalue weighted by Gasteiger charge is 2.06. The Morgan fingerprint density at radius 1 is 1.18 bits per heavy atom. The van der Waals surface area contributed by atoms with Gasteiger partial charge in [-0.1, -0.05) is 43.8 Å². The first kappa shape index (κ1) is 21.4. The van der Waals surface area contributed by atoms with E-state index in [4.69, 9.17) is 9.47 Å². The lowest BCUT2D eigenvalue weighted by Gasteiger charge is -2.10. The van der Waals surface area contributed by atoms with Gasteiger partial charge in [-0.05, 0) is 66.6 Å². The lowest BCUT2D eigenvalue weighted by atomic mass is 9.96. The molecule has 0 spiro atoms. The maximum atomic E-state index is 11.4. The molecule has 28 heavy (non-hydrogen) atoms. The van der Waals surface area contributed by atoms with Crippen molar-refractivity contribution in [2.75, 3.05) is 6.61 Å². The average Bonchev–Trinajstić information content (AvgIpc) is 2.69. The molecule has 0 unspecified atom stereocenters. The van der Waals surface area contributed by atoms with Crippen LogP contribution >= 0.6 is 0 Å². The van der Waals surface area contributed by atoms with Gasteiger partial charge < -0.3 is 9.47 Å². The summed E-state index contributed by atoms with van der Waals surface area (Å²) in [4.78, 5) is 22.0. The molecule has 0 N–H and O–H groups in total. The van der Waals surface area contributed by atoms with E-state index < -0.39 is 0 Å². The van der Waals surface area contributed by atoms with Crippen LogP contribution in [0.4, 0.5) is 0 Å². The number of hydrogen-bond acceptors (Lipinski definition) is 4. The molecule has 0 saturated carbocycles. The van der Waals surface area contributed by atoms with E-state index in [0.29, 0.717) is 30.8 Å². The number of allylic oxidation sites excluding steroid dienone is 1. The van der Waals surface area contributed by atoms with Gasteiger partial charge in [0.05, 0.1) is 6.61 Å². The predicted molar refractivity (Wildman–Crippen MR) is 113 cm³/mol. The molecule has 0 aliphatic rings. The Bertz CT molecular complexity index is 893. The second-order valence-corrected chi connectivity index (χ2v) is 6.89. The Labute approximate surface area is 166 Å². The molecule has 0 aliphatic carbocycles. The third-order valence-corrected chi connectivity index (χ3v) is 4.70. The van der Waals surface area contributed by atoms with E-state index in [9.17, 15) is 9.59 Å². The van der Waals surface area contributed by atoms with Gasteiger partial charge in [-0.3, -0.25) is 4.79 Å². The number of rotatable bonds is 10. The van der Waals surface area contributed by atoms with Crippen LogP contribution in [0.15, 0.2) is 48.2 Å². The normalized spacial score (nSPS) is 11.3. The van der Waals surface area contributed by atoms with Gasteiger partial charge in [0.2, 0.25) is 0 Å². The second-order valence-electron chi connectivity index (χ2n) is 6.89. The SMILES string of the molecule is C=C(C)C(=O)OCCCCc1ccc2c(C)c(/C=C(\CC)OC=O)ccc2c1. The van der Waals surface area contributed by atoms with Gasteiger partial charge in [0.15, 0.2) is 0 Å². The number of hydrogen-bond donors (Lipinski definition) is 0. The van der Waals surface area contributed by atoms with Crippen LogP contribution in [-0.4, -0.2) is 19.0 Å². The molecule has 0 amide bonds. The van der Waals surface area contributed by atoms with Crippen molar-refractivity contribution in [1.82, 2.24) is 0 Å². The molecule has 0 saturated heterocycles. The summed E-state index contributed by atoms with van der Waals surface area (Å²) in [6.45, 7) is 10.2. The summed E-state index contributed by atoms with van der Waals surface area (Å²) in [6, 6.07) is 10.7. The summed E-state index contributed by atoms with van der Waals surface area (Å²) in [6.07, 6.45) is 5.31. The molecular formula is C24H28O4. The topological polar surface area (TPSA) is 52.6 Å². The van der Waals surface area contributed by atoms with Crippen LogP contribution in [0.5, 0.6) is 0 Å². The monoisotopic (exact) mass is 380 g/mol. The highest BCUT2D eigenvalue weighted by molar-refractivity contribution is 5.89. The molecule has 0 bridgehead atoms. The zero-order valence-corrected chi connectivity index (χ0v) is 16.9. The Morgan fingerprint density at radius 2 is 1.96 bits per heavy atom. The zero-order valence-electron chi connectivity index (χ0n) is 16.9. The Hall–Kier alpha value is -2.88. The van der Waals surface area contributed by atoms with Crippen LogP contribution in [0.1, 0.15) is 49.8 Å². The van der Waals surface area contributed by atoms with Gasteiger partial charge in [0.25, 0.3) is 6.47 Å². The number of esters is 1. The molecule has 0 heterocycles. The Morgan fingerprint density at radius 3 is 2.64 bits per heavy atom. The average molecular weight is 380 g/mol. The van der Waals surface area contributed by atoms with Crippen molar-refractivity contribution >= 4 is 29.3 Å². The van der Waals surface area contributed by atoms with E-state index >= 15 is 0 Å². The summed E-state index contributed by atoms with van der Waals surface area (Å²) >= 11 is 0. The number of unbranched alkanes of at least 4 members (excludes halogenated alkanes) is 1. The molecule has 0 aromatic heterocycles. The fourth-order valence-corrected chi connectivity index (χ4v) is 3.04. The molecule has 0 aliphatic heterocycles. The van der Waals surface area contributed by atoms with Crippen LogP contribution in [0.25, 0.3) is 16.8 Å². The van der Waals surface area contributed by atoms with Gasteiger partial charge >= 0.3 is 5.97 Å². The number of ether oxygens (including phenoxy) is 2. The van der Waals surface area contributed by atoms with Crippen LogP contribution in [0.3, 0.4) is 0 Å². The summed E-state index contributed by atoms with van der Waals surface area (Å²) in [5.74, 6) is 0.331. The van der Waals surface area contributed by atoms with Crippen LogP contribution in [-0.2, 0) is 25.5 Å². The largest absolute Gasteiger partial charge is 0.462 e. The highest BCUT2D eigenvalue weighted by atomic mass is 16.5. The standard InChI is InChI=1S/C24H28O4/c1-5-22(28-16-25)15-20-10-11-21-14-19(9-12-23(21)18(20)4)8-6-7-13-27-24(26)17(2)3/h9-12,14-16H,2,5-8,13H2,1,3-4H3/b22-15+. The lowest BCUT2D eigenvalue weighted by molar-refractivity contribution is -0.139. The molecule has 0 radical (unpaired) electrons. The third kappa shape index (κ3) is 5.81. The number of carbonyl (C=O) groups excluding carboxylic acids is 2. The maximum Gasteiger partial charge on any atom is 0.333 e. The summed E-state index contributed by atoms with van der Waals surface area (Å²) in [5.41, 5.74) is 3.91. The van der Waals surface area contributed by atoms with E-state index in [1.165, 1.54) is 16.3 Å². The van der Waals surface area contributed by atoms with E-state index in [2.05, 4.69) is 43.8 Å². The molecule has 4 heteroatoms. The van der Waals surface area contributed by atoms with Gasteiger partial charge in [-0.15, -0.1) is 0 Å². The second kappa shape index (κ2) is 10.5. The summed E-state index contributed by atoms with van der Waals surface area (Å²) in [7, 11) is 0. The van der Waals surface area contributed by atoms with Gasteiger partial charge in [0, 0.05) is 12.0 Å². The number of carbonyl (C=O) groups is 2. The fourth-order valence-electron chi connectivity index (χ4n) is 3.04.